The molecule has 14 heavy (non-hydrogen) atoms. The zero-order chi connectivity index (χ0) is 9.97. The molecular formula is C12H16FN. The number of hydrogen-bond donors (Lipinski definition) is 1. The number of benzene rings is 1. The second kappa shape index (κ2) is 3.99. The van der Waals surface area contributed by atoms with Crippen molar-refractivity contribution in [1.82, 2.24) is 0 Å². The number of anilines is 1. The van der Waals surface area contributed by atoms with Crippen molar-refractivity contribution in [2.24, 2.45) is 5.92 Å². The lowest BCUT2D eigenvalue weighted by Crippen LogP contribution is -2.02. The van der Waals surface area contributed by atoms with Gasteiger partial charge in [0.1, 0.15) is 5.82 Å². The molecular weight excluding hydrogens is 177 g/mol. The summed E-state index contributed by atoms with van der Waals surface area (Å²) in [6, 6.07) is 4.74. The third-order valence-corrected chi connectivity index (χ3v) is 3.09. The van der Waals surface area contributed by atoms with Crippen LogP contribution in [0.3, 0.4) is 0 Å². The monoisotopic (exact) mass is 193 g/mol. The molecule has 0 unspecified atom stereocenters. The van der Waals surface area contributed by atoms with Gasteiger partial charge >= 0.3 is 0 Å². The summed E-state index contributed by atoms with van der Waals surface area (Å²) in [5.74, 6) is 0.528. The summed E-state index contributed by atoms with van der Waals surface area (Å²) in [5.41, 5.74) is 7.48. The predicted octanol–water partition coefficient (Wildman–Crippen LogP) is 3.14. The molecule has 0 spiro atoms. The lowest BCUT2D eigenvalue weighted by atomic mass is 9.97. The van der Waals surface area contributed by atoms with Crippen LogP contribution in [-0.2, 0) is 6.42 Å². The van der Waals surface area contributed by atoms with Gasteiger partial charge in [-0.2, -0.15) is 0 Å². The van der Waals surface area contributed by atoms with Gasteiger partial charge in [-0.05, 0) is 30.0 Å². The normalized spacial score (nSPS) is 17.5. The van der Waals surface area contributed by atoms with Crippen molar-refractivity contribution in [3.63, 3.8) is 0 Å². The molecule has 0 aliphatic heterocycles. The highest BCUT2D eigenvalue weighted by Gasteiger charge is 2.16. The smallest absolute Gasteiger partial charge is 0.125 e. The van der Waals surface area contributed by atoms with E-state index >= 15 is 0 Å². The molecule has 1 aromatic carbocycles. The summed E-state index contributed by atoms with van der Waals surface area (Å²) in [7, 11) is 0. The average Bonchev–Trinajstić information content (AvgIpc) is 2.62. The molecule has 1 fully saturated rings. The second-order valence-electron chi connectivity index (χ2n) is 4.20. The van der Waals surface area contributed by atoms with Gasteiger partial charge in [-0.3, -0.25) is 0 Å². The molecule has 0 bridgehead atoms. The number of nitrogens with two attached hydrogens (primary N) is 1. The number of nitrogen functional groups attached to an aromatic ring is 1. The first kappa shape index (κ1) is 9.50. The molecule has 0 heterocycles. The lowest BCUT2D eigenvalue weighted by molar-refractivity contribution is 0.546. The van der Waals surface area contributed by atoms with E-state index in [2.05, 4.69) is 0 Å². The van der Waals surface area contributed by atoms with E-state index in [0.29, 0.717) is 5.69 Å². The van der Waals surface area contributed by atoms with Gasteiger partial charge in [0, 0.05) is 5.69 Å². The van der Waals surface area contributed by atoms with Crippen LogP contribution in [0.4, 0.5) is 10.1 Å². The molecule has 1 aliphatic rings. The van der Waals surface area contributed by atoms with Crippen molar-refractivity contribution >= 4 is 5.69 Å². The molecule has 0 atom stereocenters. The Morgan fingerprint density at radius 2 is 2.00 bits per heavy atom. The van der Waals surface area contributed by atoms with E-state index in [9.17, 15) is 4.39 Å². The van der Waals surface area contributed by atoms with Crippen molar-refractivity contribution < 1.29 is 4.39 Å². The fraction of sp³-hybridized carbons (Fsp3) is 0.500. The number of rotatable bonds is 2. The summed E-state index contributed by atoms with van der Waals surface area (Å²) in [5, 5.41) is 0. The second-order valence-corrected chi connectivity index (χ2v) is 4.20. The Morgan fingerprint density at radius 1 is 1.29 bits per heavy atom. The molecule has 0 amide bonds. The van der Waals surface area contributed by atoms with Gasteiger partial charge in [0.25, 0.3) is 0 Å². The minimum Gasteiger partial charge on any atom is -0.398 e. The van der Waals surface area contributed by atoms with Gasteiger partial charge in [-0.25, -0.2) is 4.39 Å². The van der Waals surface area contributed by atoms with Crippen molar-refractivity contribution in [2.75, 3.05) is 5.73 Å². The molecule has 0 radical (unpaired) electrons. The van der Waals surface area contributed by atoms with Crippen LogP contribution in [0.5, 0.6) is 0 Å². The van der Waals surface area contributed by atoms with E-state index in [4.69, 9.17) is 5.73 Å². The van der Waals surface area contributed by atoms with Crippen LogP contribution in [0.1, 0.15) is 31.2 Å². The summed E-state index contributed by atoms with van der Waals surface area (Å²) in [6.07, 6.45) is 6.30. The average molecular weight is 193 g/mol. The van der Waals surface area contributed by atoms with Crippen LogP contribution < -0.4 is 5.73 Å². The van der Waals surface area contributed by atoms with Crippen LogP contribution in [0.2, 0.25) is 0 Å². The van der Waals surface area contributed by atoms with E-state index in [1.165, 1.54) is 37.8 Å². The maximum atomic E-state index is 12.8. The Kier molecular flexibility index (Phi) is 2.71. The quantitative estimate of drug-likeness (QED) is 0.717. The summed E-state index contributed by atoms with van der Waals surface area (Å²) >= 11 is 0. The van der Waals surface area contributed by atoms with Crippen molar-refractivity contribution in [1.29, 1.82) is 0 Å². The Hall–Kier alpha value is -1.05. The molecule has 2 heteroatoms. The van der Waals surface area contributed by atoms with Crippen LogP contribution in [0.25, 0.3) is 0 Å². The molecule has 0 saturated heterocycles. The van der Waals surface area contributed by atoms with Crippen LogP contribution in [0.15, 0.2) is 18.2 Å². The van der Waals surface area contributed by atoms with Gasteiger partial charge in [0.15, 0.2) is 0 Å². The summed E-state index contributed by atoms with van der Waals surface area (Å²) in [4.78, 5) is 0. The first-order chi connectivity index (χ1) is 6.75. The van der Waals surface area contributed by atoms with Crippen molar-refractivity contribution in [3.05, 3.63) is 29.6 Å². The van der Waals surface area contributed by atoms with Crippen LogP contribution in [-0.4, -0.2) is 0 Å². The zero-order valence-electron chi connectivity index (χ0n) is 8.30. The van der Waals surface area contributed by atoms with Gasteiger partial charge < -0.3 is 5.73 Å². The van der Waals surface area contributed by atoms with Gasteiger partial charge in [-0.1, -0.05) is 31.7 Å². The standard InChI is InChI=1S/C12H16FN/c13-11-6-5-10(12(14)8-11)7-9-3-1-2-4-9/h5-6,8-9H,1-4,7,14H2. The summed E-state index contributed by atoms with van der Waals surface area (Å²) < 4.78 is 12.8. The summed E-state index contributed by atoms with van der Waals surface area (Å²) in [6.45, 7) is 0. The first-order valence-electron chi connectivity index (χ1n) is 5.29. The SMILES string of the molecule is Nc1cc(F)ccc1CC1CCCC1. The number of halogens is 1. The van der Waals surface area contributed by atoms with Crippen molar-refractivity contribution in [3.8, 4) is 0 Å². The largest absolute Gasteiger partial charge is 0.398 e. The first-order valence-corrected chi connectivity index (χ1v) is 5.29. The lowest BCUT2D eigenvalue weighted by Gasteiger charge is -2.10. The van der Waals surface area contributed by atoms with Gasteiger partial charge in [0.05, 0.1) is 0 Å². The third-order valence-electron chi connectivity index (χ3n) is 3.09. The predicted molar refractivity (Wildman–Crippen MR) is 56.5 cm³/mol. The van der Waals surface area contributed by atoms with Crippen LogP contribution >= 0.6 is 0 Å². The van der Waals surface area contributed by atoms with Crippen molar-refractivity contribution in [2.45, 2.75) is 32.1 Å². The molecule has 1 saturated carbocycles. The van der Waals surface area contributed by atoms with E-state index < -0.39 is 0 Å². The molecule has 2 rings (SSSR count). The van der Waals surface area contributed by atoms with E-state index in [-0.39, 0.29) is 5.82 Å². The molecule has 2 N–H and O–H groups in total. The molecule has 76 valence electrons. The maximum Gasteiger partial charge on any atom is 0.125 e. The van der Waals surface area contributed by atoms with Gasteiger partial charge in [-0.15, -0.1) is 0 Å². The fourth-order valence-electron chi connectivity index (χ4n) is 2.28. The molecule has 1 aromatic rings. The Morgan fingerprint density at radius 3 is 2.64 bits per heavy atom. The third kappa shape index (κ3) is 2.06. The minimum atomic E-state index is -0.238. The minimum absolute atomic E-state index is 0.238. The Bertz CT molecular complexity index is 316. The zero-order valence-corrected chi connectivity index (χ0v) is 8.30. The highest BCUT2D eigenvalue weighted by Crippen LogP contribution is 2.29. The fourth-order valence-corrected chi connectivity index (χ4v) is 2.28. The van der Waals surface area contributed by atoms with E-state index in [1.54, 1.807) is 0 Å². The van der Waals surface area contributed by atoms with Gasteiger partial charge in [0.2, 0.25) is 0 Å². The van der Waals surface area contributed by atoms with Crippen LogP contribution in [0, 0.1) is 11.7 Å². The highest BCUT2D eigenvalue weighted by molar-refractivity contribution is 5.47. The molecule has 1 nitrogen and oxygen atoms in total. The Labute approximate surface area is 84.1 Å². The Balaban J connectivity index is 2.08. The van der Waals surface area contributed by atoms with E-state index in [1.807, 2.05) is 6.07 Å². The number of hydrogen-bond acceptors (Lipinski definition) is 1. The molecule has 1 aliphatic carbocycles. The topological polar surface area (TPSA) is 26.0 Å². The highest BCUT2D eigenvalue weighted by atomic mass is 19.1. The molecule has 0 aromatic heterocycles. The maximum absolute atomic E-state index is 12.8. The van der Waals surface area contributed by atoms with E-state index in [0.717, 1.165) is 17.9 Å².